The Kier molecular flexibility index (Phi) is 8.32. The summed E-state index contributed by atoms with van der Waals surface area (Å²) < 4.78 is 10.4. The number of amides is 3. The minimum absolute atomic E-state index is 0.0663. The zero-order valence-electron chi connectivity index (χ0n) is 14.3. The van der Waals surface area contributed by atoms with Crippen molar-refractivity contribution in [2.45, 2.75) is 39.7 Å². The molecule has 0 aromatic heterocycles. The summed E-state index contributed by atoms with van der Waals surface area (Å²) in [6.07, 6.45) is 1.78. The van der Waals surface area contributed by atoms with Gasteiger partial charge in [0.25, 0.3) is 5.91 Å². The van der Waals surface area contributed by atoms with E-state index in [1.807, 2.05) is 6.92 Å². The average molecular weight is 336 g/mol. The van der Waals surface area contributed by atoms with Crippen LogP contribution in [0.25, 0.3) is 0 Å². The number of ether oxygens (including phenoxy) is 2. The molecular formula is C17H24N2O5. The van der Waals surface area contributed by atoms with Gasteiger partial charge in [-0.15, -0.1) is 0 Å². The Hall–Kier alpha value is -2.57. The summed E-state index contributed by atoms with van der Waals surface area (Å²) in [4.78, 5) is 34.6. The molecule has 24 heavy (non-hydrogen) atoms. The van der Waals surface area contributed by atoms with Gasteiger partial charge in [-0.2, -0.15) is 0 Å². The fourth-order valence-corrected chi connectivity index (χ4v) is 1.69. The molecule has 0 saturated heterocycles. The van der Waals surface area contributed by atoms with Gasteiger partial charge in [0.1, 0.15) is 5.75 Å². The third kappa shape index (κ3) is 7.62. The Morgan fingerprint density at radius 1 is 1.12 bits per heavy atom. The van der Waals surface area contributed by atoms with Crippen LogP contribution in [-0.2, 0) is 9.53 Å². The number of benzene rings is 1. The first-order valence-corrected chi connectivity index (χ1v) is 7.92. The van der Waals surface area contributed by atoms with E-state index in [-0.39, 0.29) is 12.6 Å². The highest BCUT2D eigenvalue weighted by atomic mass is 16.5. The summed E-state index contributed by atoms with van der Waals surface area (Å²) >= 11 is 0. The van der Waals surface area contributed by atoms with E-state index >= 15 is 0 Å². The molecule has 0 spiro atoms. The van der Waals surface area contributed by atoms with Crippen molar-refractivity contribution in [1.29, 1.82) is 0 Å². The predicted molar refractivity (Wildman–Crippen MR) is 88.9 cm³/mol. The van der Waals surface area contributed by atoms with E-state index in [9.17, 15) is 14.4 Å². The van der Waals surface area contributed by atoms with Crippen molar-refractivity contribution < 1.29 is 23.9 Å². The highest BCUT2D eigenvalue weighted by Crippen LogP contribution is 2.13. The number of rotatable bonds is 8. The molecular weight excluding hydrogens is 312 g/mol. The van der Waals surface area contributed by atoms with Crippen molar-refractivity contribution in [2.75, 3.05) is 13.2 Å². The van der Waals surface area contributed by atoms with Crippen LogP contribution in [0.1, 0.15) is 44.0 Å². The summed E-state index contributed by atoms with van der Waals surface area (Å²) in [6.45, 7) is 5.69. The fraction of sp³-hybridized carbons (Fsp3) is 0.471. The predicted octanol–water partition coefficient (Wildman–Crippen LogP) is 2.26. The van der Waals surface area contributed by atoms with Gasteiger partial charge in [-0.3, -0.25) is 10.1 Å². The van der Waals surface area contributed by atoms with E-state index in [2.05, 4.69) is 10.6 Å². The number of carbonyl (C=O) groups is 3. The Balaban J connectivity index is 2.40. The molecule has 0 fully saturated rings. The molecule has 0 aliphatic heterocycles. The first-order chi connectivity index (χ1) is 11.4. The van der Waals surface area contributed by atoms with Gasteiger partial charge in [-0.1, -0.05) is 13.3 Å². The number of unbranched alkanes of at least 4 members (excludes halogenated alkanes) is 1. The van der Waals surface area contributed by atoms with E-state index < -0.39 is 17.9 Å². The lowest BCUT2D eigenvalue weighted by Gasteiger charge is -2.10. The number of imide groups is 1. The molecule has 1 aromatic rings. The second kappa shape index (κ2) is 10.3. The molecule has 0 atom stereocenters. The largest absolute Gasteiger partial charge is 0.484 e. The van der Waals surface area contributed by atoms with Gasteiger partial charge in [-0.05, 0) is 44.5 Å². The molecule has 0 radical (unpaired) electrons. The molecule has 0 unspecified atom stereocenters. The minimum Gasteiger partial charge on any atom is -0.484 e. The third-order valence-corrected chi connectivity index (χ3v) is 2.86. The molecule has 7 nitrogen and oxygen atoms in total. The molecule has 0 saturated carbocycles. The summed E-state index contributed by atoms with van der Waals surface area (Å²) in [7, 11) is 0. The number of hydrogen-bond donors (Lipinski definition) is 2. The number of esters is 1. The van der Waals surface area contributed by atoms with Crippen LogP contribution in [0, 0.1) is 0 Å². The van der Waals surface area contributed by atoms with Crippen LogP contribution < -0.4 is 15.4 Å². The van der Waals surface area contributed by atoms with Gasteiger partial charge in [-0.25, -0.2) is 9.59 Å². The monoisotopic (exact) mass is 336 g/mol. The van der Waals surface area contributed by atoms with Crippen molar-refractivity contribution in [3.8, 4) is 5.75 Å². The van der Waals surface area contributed by atoms with Crippen molar-refractivity contribution in [2.24, 2.45) is 0 Å². The van der Waals surface area contributed by atoms with Crippen LogP contribution in [0.4, 0.5) is 4.79 Å². The van der Waals surface area contributed by atoms with Crippen molar-refractivity contribution >= 4 is 17.9 Å². The summed E-state index contributed by atoms with van der Waals surface area (Å²) in [5.41, 5.74) is 0.416. The van der Waals surface area contributed by atoms with Gasteiger partial charge in [0.15, 0.2) is 6.61 Å². The fourth-order valence-electron chi connectivity index (χ4n) is 1.69. The van der Waals surface area contributed by atoms with E-state index in [0.29, 0.717) is 17.9 Å². The van der Waals surface area contributed by atoms with Crippen LogP contribution in [0.2, 0.25) is 0 Å². The smallest absolute Gasteiger partial charge is 0.338 e. The number of urea groups is 1. The number of nitrogens with one attached hydrogen (secondary N) is 2. The minimum atomic E-state index is -0.566. The SMILES string of the molecule is CCCCOC(=O)c1ccc(OCC(=O)NC(=O)NC(C)C)cc1. The molecule has 7 heteroatoms. The van der Waals surface area contributed by atoms with Crippen molar-refractivity contribution in [3.63, 3.8) is 0 Å². The Morgan fingerprint density at radius 3 is 2.38 bits per heavy atom. The normalized spacial score (nSPS) is 10.2. The van der Waals surface area contributed by atoms with Gasteiger partial charge < -0.3 is 14.8 Å². The highest BCUT2D eigenvalue weighted by molar-refractivity contribution is 5.95. The van der Waals surface area contributed by atoms with E-state index in [0.717, 1.165) is 12.8 Å². The van der Waals surface area contributed by atoms with Gasteiger partial charge in [0, 0.05) is 6.04 Å². The lowest BCUT2D eigenvalue weighted by atomic mass is 10.2. The molecule has 132 valence electrons. The van der Waals surface area contributed by atoms with Crippen molar-refractivity contribution in [1.82, 2.24) is 10.6 Å². The first-order valence-electron chi connectivity index (χ1n) is 7.92. The van der Waals surface area contributed by atoms with Gasteiger partial charge >= 0.3 is 12.0 Å². The maximum Gasteiger partial charge on any atom is 0.338 e. The molecule has 0 aliphatic carbocycles. The average Bonchev–Trinajstić information content (AvgIpc) is 2.52. The Morgan fingerprint density at radius 2 is 1.79 bits per heavy atom. The zero-order chi connectivity index (χ0) is 17.9. The molecule has 3 amide bonds. The zero-order valence-corrected chi connectivity index (χ0v) is 14.3. The topological polar surface area (TPSA) is 93.7 Å². The second-order valence-electron chi connectivity index (χ2n) is 5.48. The maximum absolute atomic E-state index is 11.7. The molecule has 0 aliphatic rings. The van der Waals surface area contributed by atoms with Gasteiger partial charge in [0.05, 0.1) is 12.2 Å². The van der Waals surface area contributed by atoms with E-state index in [1.54, 1.807) is 38.1 Å². The highest BCUT2D eigenvalue weighted by Gasteiger charge is 2.10. The first kappa shape index (κ1) is 19.5. The number of carbonyl (C=O) groups excluding carboxylic acids is 3. The van der Waals surface area contributed by atoms with E-state index in [1.165, 1.54) is 0 Å². The summed E-state index contributed by atoms with van der Waals surface area (Å²) in [5.74, 6) is -0.533. The standard InChI is InChI=1S/C17H24N2O5/c1-4-5-10-23-16(21)13-6-8-14(9-7-13)24-11-15(20)19-17(22)18-12(2)3/h6-9,12H,4-5,10-11H2,1-3H3,(H2,18,19,20,22). The molecule has 1 rings (SSSR count). The summed E-state index contributed by atoms with van der Waals surface area (Å²) in [5, 5.41) is 4.69. The lowest BCUT2D eigenvalue weighted by Crippen LogP contribution is -2.44. The van der Waals surface area contributed by atoms with Crippen LogP contribution in [0.15, 0.2) is 24.3 Å². The summed E-state index contributed by atoms with van der Waals surface area (Å²) in [6, 6.07) is 5.63. The van der Waals surface area contributed by atoms with Crippen LogP contribution in [0.3, 0.4) is 0 Å². The van der Waals surface area contributed by atoms with Gasteiger partial charge in [0.2, 0.25) is 0 Å². The number of hydrogen-bond acceptors (Lipinski definition) is 5. The molecule has 0 bridgehead atoms. The molecule has 2 N–H and O–H groups in total. The van der Waals surface area contributed by atoms with E-state index in [4.69, 9.17) is 9.47 Å². The molecule has 0 heterocycles. The maximum atomic E-state index is 11.7. The van der Waals surface area contributed by atoms with Crippen molar-refractivity contribution in [3.05, 3.63) is 29.8 Å². The Labute approximate surface area is 141 Å². The molecule has 1 aromatic carbocycles. The van der Waals surface area contributed by atoms with Crippen LogP contribution in [-0.4, -0.2) is 37.2 Å². The second-order valence-corrected chi connectivity index (χ2v) is 5.48. The van der Waals surface area contributed by atoms with Crippen LogP contribution in [0.5, 0.6) is 5.75 Å². The van der Waals surface area contributed by atoms with Crippen LogP contribution >= 0.6 is 0 Å². The Bertz CT molecular complexity index is 555. The third-order valence-electron chi connectivity index (χ3n) is 2.86. The lowest BCUT2D eigenvalue weighted by molar-refractivity contribution is -0.122. The quantitative estimate of drug-likeness (QED) is 0.561.